The van der Waals surface area contributed by atoms with Gasteiger partial charge in [0.2, 0.25) is 0 Å². The normalized spacial score (nSPS) is 16.8. The molecule has 1 aromatic carbocycles. The summed E-state index contributed by atoms with van der Waals surface area (Å²) in [6.07, 6.45) is 0.678. The number of aromatic nitrogens is 3. The smallest absolute Gasteiger partial charge is 0.340 e. The zero-order chi connectivity index (χ0) is 22.3. The fourth-order valence-electron chi connectivity index (χ4n) is 4.84. The van der Waals surface area contributed by atoms with Crippen molar-refractivity contribution >= 4 is 43.7 Å². The number of benzene rings is 1. The summed E-state index contributed by atoms with van der Waals surface area (Å²) in [6, 6.07) is 4.82. The summed E-state index contributed by atoms with van der Waals surface area (Å²) in [5, 5.41) is 11.7. The number of nitrogens with zero attached hydrogens (tertiary/aromatic N) is 3. The van der Waals surface area contributed by atoms with Crippen LogP contribution in [0.4, 0.5) is 4.39 Å². The number of esters is 1. The van der Waals surface area contributed by atoms with E-state index in [1.165, 1.54) is 6.07 Å². The summed E-state index contributed by atoms with van der Waals surface area (Å²) < 4.78 is 22.1. The number of aliphatic hydroxyl groups is 1. The molecule has 3 aromatic heterocycles. The molecule has 0 saturated carbocycles. The van der Waals surface area contributed by atoms with Gasteiger partial charge in [-0.3, -0.25) is 9.78 Å². The van der Waals surface area contributed by atoms with E-state index in [-0.39, 0.29) is 28.8 Å². The topological polar surface area (TPSA) is 94.3 Å². The van der Waals surface area contributed by atoms with Gasteiger partial charge in [-0.2, -0.15) is 0 Å². The van der Waals surface area contributed by atoms with Crippen molar-refractivity contribution in [2.75, 3.05) is 0 Å². The first-order valence-corrected chi connectivity index (χ1v) is 10.9. The maximum Gasteiger partial charge on any atom is 0.340 e. The van der Waals surface area contributed by atoms with Crippen LogP contribution in [-0.2, 0) is 29.1 Å². The van der Waals surface area contributed by atoms with Gasteiger partial charge in [-0.25, -0.2) is 14.2 Å². The Morgan fingerprint density at radius 3 is 2.88 bits per heavy atom. The van der Waals surface area contributed by atoms with Crippen molar-refractivity contribution in [2.24, 2.45) is 0 Å². The number of hydrogen-bond acceptors (Lipinski definition) is 6. The lowest BCUT2D eigenvalue weighted by Gasteiger charge is -2.21. The van der Waals surface area contributed by atoms with Crippen molar-refractivity contribution in [1.29, 1.82) is 0 Å². The van der Waals surface area contributed by atoms with Gasteiger partial charge >= 0.3 is 5.97 Å². The van der Waals surface area contributed by atoms with Gasteiger partial charge < -0.3 is 14.4 Å². The van der Waals surface area contributed by atoms with Crippen LogP contribution in [0.25, 0.3) is 33.2 Å². The number of aliphatic hydroxyl groups excluding tert-OH is 1. The molecule has 0 spiro atoms. The van der Waals surface area contributed by atoms with Gasteiger partial charge in [0.25, 0.3) is 5.56 Å². The lowest BCUT2D eigenvalue weighted by molar-refractivity contribution is -0.157. The van der Waals surface area contributed by atoms with Crippen molar-refractivity contribution < 1.29 is 19.0 Å². The minimum absolute atomic E-state index is 0.174. The second-order valence-electron chi connectivity index (χ2n) is 7.94. The van der Waals surface area contributed by atoms with Gasteiger partial charge in [-0.05, 0) is 40.0 Å². The molecule has 7 nitrogen and oxygen atoms in total. The second-order valence-corrected chi connectivity index (χ2v) is 8.85. The summed E-state index contributed by atoms with van der Waals surface area (Å²) in [4.78, 5) is 34.0. The van der Waals surface area contributed by atoms with Gasteiger partial charge in [0.1, 0.15) is 12.1 Å². The quantitative estimate of drug-likeness (QED) is 0.282. The van der Waals surface area contributed by atoms with Crippen LogP contribution in [0, 0.1) is 5.82 Å². The maximum atomic E-state index is 14.9. The Morgan fingerprint density at radius 2 is 2.09 bits per heavy atom. The molecule has 160 valence electrons. The predicted octanol–water partition coefficient (Wildman–Crippen LogP) is 3.53. The minimum Gasteiger partial charge on any atom is -0.458 e. The standard InChI is InChI=1S/C23H15BrFN3O4/c1-2-10-13-7-28-17(4-11-14(22(28)30)8-32-23(31)21(11)29)20(13)27-16-5-15(25)19-12(18(10)16)3-9(24)6-26-19/h3-6,21,29H,2,7-8H2,1H3. The Kier molecular flexibility index (Phi) is 4.06. The van der Waals surface area contributed by atoms with E-state index >= 15 is 0 Å². The Balaban J connectivity index is 1.71. The van der Waals surface area contributed by atoms with Crippen LogP contribution in [-0.4, -0.2) is 25.6 Å². The highest BCUT2D eigenvalue weighted by Crippen LogP contribution is 2.40. The summed E-state index contributed by atoms with van der Waals surface area (Å²) in [5.41, 5.74) is 3.79. The van der Waals surface area contributed by atoms with E-state index in [0.29, 0.717) is 35.3 Å². The molecule has 0 saturated heterocycles. The number of halogens is 2. The van der Waals surface area contributed by atoms with Crippen LogP contribution in [0.3, 0.4) is 0 Å². The van der Waals surface area contributed by atoms with Gasteiger partial charge in [-0.1, -0.05) is 6.92 Å². The summed E-state index contributed by atoms with van der Waals surface area (Å²) in [7, 11) is 0. The van der Waals surface area contributed by atoms with Gasteiger partial charge in [0, 0.05) is 38.6 Å². The van der Waals surface area contributed by atoms with Gasteiger partial charge in [-0.15, -0.1) is 0 Å². The molecule has 32 heavy (non-hydrogen) atoms. The van der Waals surface area contributed by atoms with Crippen LogP contribution in [0.1, 0.15) is 35.3 Å². The number of hydrogen-bond donors (Lipinski definition) is 1. The Bertz CT molecular complexity index is 1580. The molecule has 5 heterocycles. The minimum atomic E-state index is -1.52. The Labute approximate surface area is 188 Å². The van der Waals surface area contributed by atoms with Gasteiger partial charge in [0.15, 0.2) is 11.9 Å². The fourth-order valence-corrected chi connectivity index (χ4v) is 5.17. The molecule has 0 aliphatic carbocycles. The monoisotopic (exact) mass is 495 g/mol. The number of aryl methyl sites for hydroxylation is 1. The zero-order valence-electron chi connectivity index (χ0n) is 16.8. The molecule has 2 aliphatic rings. The lowest BCUT2D eigenvalue weighted by atomic mass is 9.95. The summed E-state index contributed by atoms with van der Waals surface area (Å²) >= 11 is 3.42. The molecule has 0 bridgehead atoms. The Morgan fingerprint density at radius 1 is 1.28 bits per heavy atom. The van der Waals surface area contributed by atoms with E-state index in [4.69, 9.17) is 9.72 Å². The predicted molar refractivity (Wildman–Crippen MR) is 118 cm³/mol. The van der Waals surface area contributed by atoms with Crippen molar-refractivity contribution in [1.82, 2.24) is 14.5 Å². The molecule has 0 radical (unpaired) electrons. The van der Waals surface area contributed by atoms with E-state index in [0.717, 1.165) is 21.0 Å². The van der Waals surface area contributed by atoms with E-state index in [9.17, 15) is 19.1 Å². The average Bonchev–Trinajstić information content (AvgIpc) is 3.14. The van der Waals surface area contributed by atoms with E-state index in [2.05, 4.69) is 20.9 Å². The van der Waals surface area contributed by atoms with Crippen LogP contribution in [0.15, 0.2) is 33.7 Å². The molecular weight excluding hydrogens is 481 g/mol. The van der Waals surface area contributed by atoms with Crippen molar-refractivity contribution in [3.63, 3.8) is 0 Å². The highest BCUT2D eigenvalue weighted by molar-refractivity contribution is 9.10. The third-order valence-corrected chi connectivity index (χ3v) is 6.71. The molecule has 2 aliphatic heterocycles. The number of pyridine rings is 3. The SMILES string of the molecule is CCc1c2c(nc3cc(F)c4ncc(Br)cc4c13)-c1cc3c(c(=O)n1C2)COC(=O)C3O. The molecule has 0 amide bonds. The highest BCUT2D eigenvalue weighted by atomic mass is 79.9. The van der Waals surface area contributed by atoms with E-state index in [1.54, 1.807) is 16.8 Å². The van der Waals surface area contributed by atoms with Crippen LogP contribution < -0.4 is 5.56 Å². The van der Waals surface area contributed by atoms with Crippen molar-refractivity contribution in [3.05, 3.63) is 67.3 Å². The largest absolute Gasteiger partial charge is 0.458 e. The molecule has 1 N–H and O–H groups in total. The molecule has 4 aromatic rings. The van der Waals surface area contributed by atoms with E-state index < -0.39 is 17.9 Å². The third-order valence-electron chi connectivity index (χ3n) is 6.28. The number of carbonyl (C=O) groups excluding carboxylic acids is 1. The van der Waals surface area contributed by atoms with Crippen LogP contribution >= 0.6 is 15.9 Å². The van der Waals surface area contributed by atoms with Crippen molar-refractivity contribution in [3.8, 4) is 11.4 Å². The Hall–Kier alpha value is -3.17. The zero-order valence-corrected chi connectivity index (χ0v) is 18.4. The summed E-state index contributed by atoms with van der Waals surface area (Å²) in [5.74, 6) is -1.26. The maximum absolute atomic E-state index is 14.9. The summed E-state index contributed by atoms with van der Waals surface area (Å²) in [6.45, 7) is 2.13. The molecular formula is C23H15BrFN3O4. The molecule has 9 heteroatoms. The number of carbonyl (C=O) groups is 1. The first-order valence-electron chi connectivity index (χ1n) is 10.1. The van der Waals surface area contributed by atoms with Gasteiger partial charge in [0.05, 0.1) is 29.0 Å². The van der Waals surface area contributed by atoms with Crippen LogP contribution in [0.2, 0.25) is 0 Å². The number of cyclic esters (lactones) is 1. The first kappa shape index (κ1) is 19.5. The first-order chi connectivity index (χ1) is 15.4. The second kappa shape index (κ2) is 6.66. The third kappa shape index (κ3) is 2.49. The molecule has 0 fully saturated rings. The lowest BCUT2D eigenvalue weighted by Crippen LogP contribution is -2.32. The van der Waals surface area contributed by atoms with Crippen LogP contribution in [0.5, 0.6) is 0 Å². The number of fused-ring (bicyclic) bond motifs is 7. The highest BCUT2D eigenvalue weighted by Gasteiger charge is 2.34. The van der Waals surface area contributed by atoms with Crippen molar-refractivity contribution in [2.45, 2.75) is 32.6 Å². The number of ether oxygens (including phenoxy) is 1. The average molecular weight is 496 g/mol. The number of rotatable bonds is 1. The molecule has 1 unspecified atom stereocenters. The van der Waals surface area contributed by atoms with E-state index in [1.807, 2.05) is 13.0 Å². The molecule has 6 rings (SSSR count). The fraction of sp³-hybridized carbons (Fsp3) is 0.217. The molecule has 1 atom stereocenters.